The molecular formula is C21H23N3O2S2. The average molecular weight is 414 g/mol. The van der Waals surface area contributed by atoms with Gasteiger partial charge in [-0.25, -0.2) is 4.99 Å². The Kier molecular flexibility index (Phi) is 6.24. The molecule has 7 heteroatoms. The summed E-state index contributed by atoms with van der Waals surface area (Å²) in [5.41, 5.74) is 4.23. The molecule has 1 saturated heterocycles. The lowest BCUT2D eigenvalue weighted by Crippen LogP contribution is -2.36. The van der Waals surface area contributed by atoms with Crippen LogP contribution in [0.2, 0.25) is 0 Å². The van der Waals surface area contributed by atoms with Crippen molar-refractivity contribution in [2.45, 2.75) is 17.9 Å². The number of amides is 1. The topological polar surface area (TPSA) is 53.9 Å². The van der Waals surface area contributed by atoms with Crippen LogP contribution in [0, 0.1) is 0 Å². The minimum atomic E-state index is -0.213. The lowest BCUT2D eigenvalue weighted by atomic mass is 10.2. The smallest absolute Gasteiger partial charge is 0.237 e. The highest BCUT2D eigenvalue weighted by atomic mass is 32.2. The number of thioether (sulfide) groups is 2. The fourth-order valence-electron chi connectivity index (χ4n) is 3.10. The molecule has 2 aliphatic heterocycles. The number of hydrogen-bond acceptors (Lipinski definition) is 6. The van der Waals surface area contributed by atoms with Crippen LogP contribution < -0.4 is 10.2 Å². The second-order valence-electron chi connectivity index (χ2n) is 6.69. The SMILES string of the molecule is CC(SC1=Nc2ccccc2CS1)C(=O)Nc1ccc(N2CCOCC2)cc1. The first-order chi connectivity index (χ1) is 13.7. The van der Waals surface area contributed by atoms with Crippen LogP contribution >= 0.6 is 23.5 Å². The first-order valence-electron chi connectivity index (χ1n) is 9.39. The molecule has 2 aliphatic rings. The summed E-state index contributed by atoms with van der Waals surface area (Å²) in [4.78, 5) is 19.6. The Morgan fingerprint density at radius 1 is 1.18 bits per heavy atom. The van der Waals surface area contributed by atoms with E-state index in [1.165, 1.54) is 17.3 Å². The highest BCUT2D eigenvalue weighted by Crippen LogP contribution is 2.36. The maximum Gasteiger partial charge on any atom is 0.237 e. The van der Waals surface area contributed by atoms with Gasteiger partial charge >= 0.3 is 0 Å². The molecule has 1 atom stereocenters. The normalized spacial score (nSPS) is 17.5. The molecular weight excluding hydrogens is 390 g/mol. The predicted molar refractivity (Wildman–Crippen MR) is 120 cm³/mol. The van der Waals surface area contributed by atoms with Crippen molar-refractivity contribution in [1.82, 2.24) is 0 Å². The fraction of sp³-hybridized carbons (Fsp3) is 0.333. The molecule has 0 bridgehead atoms. The van der Waals surface area contributed by atoms with Crippen molar-refractivity contribution >= 4 is 50.9 Å². The second-order valence-corrected chi connectivity index (χ2v) is 9.24. The third-order valence-corrected chi connectivity index (χ3v) is 7.01. The van der Waals surface area contributed by atoms with Gasteiger partial charge in [-0.3, -0.25) is 4.79 Å². The van der Waals surface area contributed by atoms with Crippen molar-refractivity contribution in [2.75, 3.05) is 36.5 Å². The Balaban J connectivity index is 1.34. The summed E-state index contributed by atoms with van der Waals surface area (Å²) in [6, 6.07) is 16.2. The number of nitrogens with one attached hydrogen (secondary N) is 1. The van der Waals surface area contributed by atoms with Gasteiger partial charge < -0.3 is 15.0 Å². The van der Waals surface area contributed by atoms with Gasteiger partial charge in [0.05, 0.1) is 24.2 Å². The molecule has 1 amide bonds. The fourth-order valence-corrected chi connectivity index (χ4v) is 5.29. The van der Waals surface area contributed by atoms with E-state index in [0.29, 0.717) is 0 Å². The second kappa shape index (κ2) is 9.03. The number of morpholine rings is 1. The quantitative estimate of drug-likeness (QED) is 0.799. The van der Waals surface area contributed by atoms with E-state index < -0.39 is 0 Å². The molecule has 2 heterocycles. The number of ether oxygens (including phenoxy) is 1. The Bertz CT molecular complexity index is 864. The van der Waals surface area contributed by atoms with E-state index in [1.54, 1.807) is 11.8 Å². The van der Waals surface area contributed by atoms with Crippen LogP contribution in [0.15, 0.2) is 53.5 Å². The maximum absolute atomic E-state index is 12.6. The van der Waals surface area contributed by atoms with Crippen molar-refractivity contribution in [3.8, 4) is 0 Å². The minimum absolute atomic E-state index is 0.00807. The summed E-state index contributed by atoms with van der Waals surface area (Å²) < 4.78 is 6.34. The van der Waals surface area contributed by atoms with Gasteiger partial charge in [-0.2, -0.15) is 0 Å². The van der Waals surface area contributed by atoms with Crippen LogP contribution in [-0.2, 0) is 15.3 Å². The number of carbonyl (C=O) groups excluding carboxylic acids is 1. The Hall–Kier alpha value is -1.96. The molecule has 0 radical (unpaired) electrons. The molecule has 1 fully saturated rings. The Morgan fingerprint density at radius 3 is 2.71 bits per heavy atom. The molecule has 2 aromatic carbocycles. The predicted octanol–water partition coefficient (Wildman–Crippen LogP) is 4.52. The monoisotopic (exact) mass is 413 g/mol. The van der Waals surface area contributed by atoms with Crippen LogP contribution in [-0.4, -0.2) is 41.8 Å². The Labute approximate surface area is 173 Å². The highest BCUT2D eigenvalue weighted by Gasteiger charge is 2.20. The summed E-state index contributed by atoms with van der Waals surface area (Å²) in [7, 11) is 0. The lowest BCUT2D eigenvalue weighted by molar-refractivity contribution is -0.115. The molecule has 0 aromatic heterocycles. The lowest BCUT2D eigenvalue weighted by Gasteiger charge is -2.29. The summed E-state index contributed by atoms with van der Waals surface area (Å²) in [6.07, 6.45) is 0. The third kappa shape index (κ3) is 4.71. The molecule has 1 unspecified atom stereocenters. The van der Waals surface area contributed by atoms with Gasteiger partial charge in [-0.1, -0.05) is 41.7 Å². The van der Waals surface area contributed by atoms with Crippen LogP contribution in [0.5, 0.6) is 0 Å². The molecule has 0 aliphatic carbocycles. The van der Waals surface area contributed by atoms with Crippen molar-refractivity contribution in [3.05, 3.63) is 54.1 Å². The van der Waals surface area contributed by atoms with Gasteiger partial charge in [-0.15, -0.1) is 0 Å². The summed E-state index contributed by atoms with van der Waals surface area (Å²) in [5, 5.41) is 2.80. The summed E-state index contributed by atoms with van der Waals surface area (Å²) in [6.45, 7) is 5.26. The highest BCUT2D eigenvalue weighted by molar-refractivity contribution is 8.39. The number of para-hydroxylation sites is 1. The molecule has 0 spiro atoms. The van der Waals surface area contributed by atoms with E-state index in [1.807, 2.05) is 37.3 Å². The summed E-state index contributed by atoms with van der Waals surface area (Å²) in [5.74, 6) is 0.894. The number of nitrogens with zero attached hydrogens (tertiary/aromatic N) is 2. The van der Waals surface area contributed by atoms with Crippen LogP contribution in [0.1, 0.15) is 12.5 Å². The first kappa shape index (κ1) is 19.4. The van der Waals surface area contributed by atoms with E-state index in [4.69, 9.17) is 4.74 Å². The number of hydrogen-bond donors (Lipinski definition) is 1. The average Bonchev–Trinajstić information content (AvgIpc) is 2.75. The molecule has 0 saturated carbocycles. The minimum Gasteiger partial charge on any atom is -0.378 e. The van der Waals surface area contributed by atoms with Crippen molar-refractivity contribution < 1.29 is 9.53 Å². The molecule has 5 nitrogen and oxygen atoms in total. The van der Waals surface area contributed by atoms with Crippen molar-refractivity contribution in [2.24, 2.45) is 4.99 Å². The summed E-state index contributed by atoms with van der Waals surface area (Å²) >= 11 is 3.21. The number of rotatable bonds is 4. The number of fused-ring (bicyclic) bond motifs is 1. The molecule has 28 heavy (non-hydrogen) atoms. The molecule has 4 rings (SSSR count). The number of aliphatic imine (C=N–C) groups is 1. The van der Waals surface area contributed by atoms with Gasteiger partial charge in [-0.05, 0) is 42.8 Å². The van der Waals surface area contributed by atoms with Crippen LogP contribution in [0.4, 0.5) is 17.1 Å². The zero-order valence-electron chi connectivity index (χ0n) is 15.8. The molecule has 1 N–H and O–H groups in total. The van der Waals surface area contributed by atoms with Gasteiger partial charge in [0.15, 0.2) is 0 Å². The van der Waals surface area contributed by atoms with E-state index in [2.05, 4.69) is 33.4 Å². The van der Waals surface area contributed by atoms with Crippen LogP contribution in [0.25, 0.3) is 0 Å². The largest absolute Gasteiger partial charge is 0.378 e. The Morgan fingerprint density at radius 2 is 1.93 bits per heavy atom. The third-order valence-electron chi connectivity index (χ3n) is 4.71. The van der Waals surface area contributed by atoms with Gasteiger partial charge in [0.1, 0.15) is 4.38 Å². The maximum atomic E-state index is 12.6. The van der Waals surface area contributed by atoms with Gasteiger partial charge in [0.2, 0.25) is 5.91 Å². The van der Waals surface area contributed by atoms with Crippen molar-refractivity contribution in [1.29, 1.82) is 0 Å². The van der Waals surface area contributed by atoms with E-state index >= 15 is 0 Å². The van der Waals surface area contributed by atoms with Gasteiger partial charge in [0.25, 0.3) is 0 Å². The number of anilines is 2. The first-order valence-corrected chi connectivity index (χ1v) is 11.3. The standard InChI is InChI=1S/C21H23N3O2S2/c1-15(28-21-23-19-5-3-2-4-16(19)14-27-21)20(25)22-17-6-8-18(9-7-17)24-10-12-26-13-11-24/h2-9,15H,10-14H2,1H3,(H,22,25). The van der Waals surface area contributed by atoms with E-state index in [0.717, 1.165) is 53.5 Å². The number of benzene rings is 2. The van der Waals surface area contributed by atoms with Crippen LogP contribution in [0.3, 0.4) is 0 Å². The molecule has 2 aromatic rings. The van der Waals surface area contributed by atoms with E-state index in [-0.39, 0.29) is 11.2 Å². The van der Waals surface area contributed by atoms with Gasteiger partial charge in [0, 0.05) is 30.2 Å². The van der Waals surface area contributed by atoms with E-state index in [9.17, 15) is 4.79 Å². The number of carbonyl (C=O) groups is 1. The zero-order valence-corrected chi connectivity index (χ0v) is 17.4. The van der Waals surface area contributed by atoms with Crippen molar-refractivity contribution in [3.63, 3.8) is 0 Å². The molecule has 146 valence electrons. The zero-order chi connectivity index (χ0) is 19.3.